The quantitative estimate of drug-likeness (QED) is 0.178. The predicted octanol–water partition coefficient (Wildman–Crippen LogP) is 6.91. The lowest BCUT2D eigenvalue weighted by Crippen LogP contribution is -2.11. The SMILES string of the molecule is CSNc1cc(Cl)cc(NC(=O)c2cc(C)n(-c3ncc(F)cc3OCc3cncc(C(F)(F)F)c3)c2)c1. The molecule has 0 saturated carbocycles. The number of alkyl halides is 3. The van der Waals surface area contributed by atoms with Gasteiger partial charge in [0.25, 0.3) is 5.91 Å². The summed E-state index contributed by atoms with van der Waals surface area (Å²) in [4.78, 5) is 20.6. The molecule has 3 aromatic heterocycles. The van der Waals surface area contributed by atoms with Crippen LogP contribution in [0.15, 0.2) is 61.2 Å². The molecule has 0 aliphatic rings. The molecule has 0 aliphatic heterocycles. The molecule has 13 heteroatoms. The first-order chi connectivity index (χ1) is 18.0. The van der Waals surface area contributed by atoms with Gasteiger partial charge in [-0.3, -0.25) is 9.78 Å². The number of halogens is 5. The summed E-state index contributed by atoms with van der Waals surface area (Å²) in [5, 5.41) is 3.21. The van der Waals surface area contributed by atoms with Crippen LogP contribution in [0.1, 0.15) is 27.2 Å². The van der Waals surface area contributed by atoms with E-state index in [4.69, 9.17) is 16.3 Å². The lowest BCUT2D eigenvalue weighted by Gasteiger charge is -2.13. The summed E-state index contributed by atoms with van der Waals surface area (Å²) in [6.45, 7) is 1.39. The van der Waals surface area contributed by atoms with E-state index >= 15 is 0 Å². The highest BCUT2D eigenvalue weighted by Gasteiger charge is 2.31. The number of nitrogens with zero attached hydrogens (tertiary/aromatic N) is 3. The molecule has 7 nitrogen and oxygen atoms in total. The Morgan fingerprint density at radius 1 is 1.11 bits per heavy atom. The van der Waals surface area contributed by atoms with Crippen LogP contribution in [0.2, 0.25) is 5.02 Å². The van der Waals surface area contributed by atoms with E-state index in [1.54, 1.807) is 31.2 Å². The topological polar surface area (TPSA) is 81.1 Å². The minimum Gasteiger partial charge on any atom is -0.485 e. The molecule has 0 saturated heterocycles. The molecule has 0 spiro atoms. The molecule has 0 fully saturated rings. The van der Waals surface area contributed by atoms with E-state index < -0.39 is 23.5 Å². The molecule has 1 aromatic carbocycles. The molecule has 4 aromatic rings. The highest BCUT2D eigenvalue weighted by molar-refractivity contribution is 7.99. The third kappa shape index (κ3) is 6.56. The maximum atomic E-state index is 14.0. The number of rotatable bonds is 8. The van der Waals surface area contributed by atoms with E-state index in [0.29, 0.717) is 28.3 Å². The minimum atomic E-state index is -4.56. The zero-order valence-corrected chi connectivity index (χ0v) is 21.5. The number of anilines is 2. The van der Waals surface area contributed by atoms with Crippen LogP contribution in [0.25, 0.3) is 5.82 Å². The van der Waals surface area contributed by atoms with Gasteiger partial charge in [0.15, 0.2) is 11.6 Å². The number of benzene rings is 1. The second-order valence-electron chi connectivity index (χ2n) is 8.07. The highest BCUT2D eigenvalue weighted by Crippen LogP contribution is 2.30. The van der Waals surface area contributed by atoms with Crippen molar-refractivity contribution < 1.29 is 27.1 Å². The second kappa shape index (κ2) is 11.3. The average molecular weight is 566 g/mol. The van der Waals surface area contributed by atoms with Gasteiger partial charge in [-0.1, -0.05) is 23.5 Å². The Labute approximate surface area is 224 Å². The van der Waals surface area contributed by atoms with Crippen molar-refractivity contribution in [1.82, 2.24) is 14.5 Å². The molecule has 3 heterocycles. The molecule has 2 N–H and O–H groups in total. The van der Waals surface area contributed by atoms with E-state index in [-0.39, 0.29) is 29.3 Å². The van der Waals surface area contributed by atoms with Crippen LogP contribution in [0.4, 0.5) is 28.9 Å². The molecule has 38 heavy (non-hydrogen) atoms. The van der Waals surface area contributed by atoms with Crippen LogP contribution in [0.5, 0.6) is 5.75 Å². The van der Waals surface area contributed by atoms with Gasteiger partial charge in [-0.25, -0.2) is 9.37 Å². The smallest absolute Gasteiger partial charge is 0.417 e. The Balaban J connectivity index is 1.57. The van der Waals surface area contributed by atoms with E-state index in [0.717, 1.165) is 18.3 Å². The molecule has 0 unspecified atom stereocenters. The fraction of sp³-hybridized carbons (Fsp3) is 0.160. The van der Waals surface area contributed by atoms with Crippen LogP contribution in [0.3, 0.4) is 0 Å². The molecule has 4 rings (SSSR count). The van der Waals surface area contributed by atoms with Crippen molar-refractivity contribution >= 4 is 40.8 Å². The Bertz CT molecular complexity index is 1480. The number of aromatic nitrogens is 3. The van der Waals surface area contributed by atoms with Crippen molar-refractivity contribution in [3.8, 4) is 11.6 Å². The number of hydrogen-bond acceptors (Lipinski definition) is 6. The first-order valence-corrected chi connectivity index (χ1v) is 12.5. The fourth-order valence-corrected chi connectivity index (χ4v) is 4.14. The number of nitrogens with one attached hydrogen (secondary N) is 2. The molecule has 0 radical (unpaired) electrons. The van der Waals surface area contributed by atoms with Crippen LogP contribution < -0.4 is 14.8 Å². The molecule has 0 bridgehead atoms. The highest BCUT2D eigenvalue weighted by atomic mass is 35.5. The Morgan fingerprint density at radius 2 is 1.87 bits per heavy atom. The van der Waals surface area contributed by atoms with Gasteiger partial charge in [-0.15, -0.1) is 0 Å². The summed E-state index contributed by atoms with van der Waals surface area (Å²) in [5.74, 6) is -1.01. The van der Waals surface area contributed by atoms with Crippen LogP contribution in [-0.4, -0.2) is 26.7 Å². The van der Waals surface area contributed by atoms with Crippen LogP contribution >= 0.6 is 23.5 Å². The summed E-state index contributed by atoms with van der Waals surface area (Å²) in [5.41, 5.74) is 1.25. The summed E-state index contributed by atoms with van der Waals surface area (Å²) >= 11 is 7.52. The maximum Gasteiger partial charge on any atom is 0.417 e. The van der Waals surface area contributed by atoms with Gasteiger partial charge in [-0.05, 0) is 37.3 Å². The Morgan fingerprint density at radius 3 is 2.61 bits per heavy atom. The zero-order valence-electron chi connectivity index (χ0n) is 19.9. The predicted molar refractivity (Wildman–Crippen MR) is 138 cm³/mol. The van der Waals surface area contributed by atoms with E-state index in [9.17, 15) is 22.4 Å². The largest absolute Gasteiger partial charge is 0.485 e. The first-order valence-electron chi connectivity index (χ1n) is 10.9. The lowest BCUT2D eigenvalue weighted by molar-refractivity contribution is -0.137. The third-order valence-electron chi connectivity index (χ3n) is 5.19. The average Bonchev–Trinajstić information content (AvgIpc) is 3.24. The number of ether oxygens (including phenoxy) is 1. The minimum absolute atomic E-state index is 0.0318. The Kier molecular flexibility index (Phi) is 8.12. The van der Waals surface area contributed by atoms with Crippen molar-refractivity contribution in [2.75, 3.05) is 16.3 Å². The summed E-state index contributed by atoms with van der Waals surface area (Å²) in [6.07, 6.45) is 1.68. The molecule has 0 atom stereocenters. The maximum absolute atomic E-state index is 14.0. The van der Waals surface area contributed by atoms with E-state index in [2.05, 4.69) is 20.0 Å². The van der Waals surface area contributed by atoms with Crippen LogP contribution in [-0.2, 0) is 12.8 Å². The van der Waals surface area contributed by atoms with Gasteiger partial charge in [0, 0.05) is 58.6 Å². The normalized spacial score (nSPS) is 11.3. The first kappa shape index (κ1) is 27.3. The number of aryl methyl sites for hydroxylation is 1. The lowest BCUT2D eigenvalue weighted by atomic mass is 10.2. The molecule has 1 amide bonds. The van der Waals surface area contributed by atoms with Crippen molar-refractivity contribution in [2.24, 2.45) is 0 Å². The van der Waals surface area contributed by atoms with Gasteiger partial charge in [0.2, 0.25) is 0 Å². The second-order valence-corrected chi connectivity index (χ2v) is 9.12. The van der Waals surface area contributed by atoms with Gasteiger partial charge < -0.3 is 19.3 Å². The van der Waals surface area contributed by atoms with E-state index in [1.807, 2.05) is 6.26 Å². The summed E-state index contributed by atoms with van der Waals surface area (Å²) < 4.78 is 63.2. The number of amides is 1. The van der Waals surface area contributed by atoms with Crippen molar-refractivity contribution in [2.45, 2.75) is 19.7 Å². The van der Waals surface area contributed by atoms with Gasteiger partial charge in [-0.2, -0.15) is 13.2 Å². The van der Waals surface area contributed by atoms with Gasteiger partial charge >= 0.3 is 6.18 Å². The third-order valence-corrected chi connectivity index (χ3v) is 5.85. The standard InChI is InChI=1S/C25H20ClF4N5O2S/c1-14-3-16(24(36)33-20-5-18(26)6-21(8-20)34-38-2)12-35(14)23-22(7-19(27)11-32-23)37-13-15-4-17(10-31-9-15)25(28,29)30/h3-12,34H,13H2,1-2H3,(H,33,36). The number of carbonyl (C=O) groups is 1. The molecule has 198 valence electrons. The molecule has 0 aliphatic carbocycles. The number of hydrogen-bond donors (Lipinski definition) is 2. The zero-order chi connectivity index (χ0) is 27.4. The molecular formula is C25H20ClF4N5O2S. The van der Waals surface area contributed by atoms with Crippen molar-refractivity contribution in [3.63, 3.8) is 0 Å². The van der Waals surface area contributed by atoms with E-state index in [1.165, 1.54) is 28.9 Å². The summed E-state index contributed by atoms with van der Waals surface area (Å²) in [7, 11) is 0. The summed E-state index contributed by atoms with van der Waals surface area (Å²) in [6, 6.07) is 8.61. The van der Waals surface area contributed by atoms with Crippen LogP contribution in [0, 0.1) is 12.7 Å². The Hall–Kier alpha value is -3.77. The van der Waals surface area contributed by atoms with Crippen molar-refractivity contribution in [1.29, 1.82) is 0 Å². The van der Waals surface area contributed by atoms with Crippen molar-refractivity contribution in [3.05, 3.63) is 94.4 Å². The number of carbonyl (C=O) groups excluding carboxylic acids is 1. The number of pyridine rings is 2. The monoisotopic (exact) mass is 565 g/mol. The van der Waals surface area contributed by atoms with Gasteiger partial charge in [0.1, 0.15) is 12.4 Å². The fourth-order valence-electron chi connectivity index (χ4n) is 3.55. The molecular weight excluding hydrogens is 546 g/mol. The van der Waals surface area contributed by atoms with Gasteiger partial charge in [0.05, 0.1) is 17.3 Å².